The van der Waals surface area contributed by atoms with Gasteiger partial charge in [-0.3, -0.25) is 25.7 Å². The molecule has 0 spiro atoms. The first-order valence-corrected chi connectivity index (χ1v) is 10.2. The molecule has 10 nitrogen and oxygen atoms in total. The van der Waals surface area contributed by atoms with Crippen LogP contribution in [0, 0.1) is 25.6 Å². The Labute approximate surface area is 193 Å². The zero-order chi connectivity index (χ0) is 24.1. The van der Waals surface area contributed by atoms with E-state index < -0.39 is 37.4 Å². The van der Waals surface area contributed by atoms with Crippen LogP contribution in [0.25, 0.3) is 0 Å². The zero-order valence-corrected chi connectivity index (χ0v) is 18.9. The number of ether oxygens (including phenoxy) is 1. The minimum Gasteiger partial charge on any atom is -0.462 e. The smallest absolute Gasteiger partial charge is 0.340 e. The van der Waals surface area contributed by atoms with Gasteiger partial charge in [0.2, 0.25) is 0 Å². The van der Waals surface area contributed by atoms with E-state index in [0.29, 0.717) is 5.57 Å². The first kappa shape index (κ1) is 25.0. The summed E-state index contributed by atoms with van der Waals surface area (Å²) in [6, 6.07) is 3.07. The van der Waals surface area contributed by atoms with Crippen LogP contribution < -0.4 is 5.43 Å². The quantitative estimate of drug-likeness (QED) is 0.136. The van der Waals surface area contributed by atoms with Gasteiger partial charge < -0.3 is 4.74 Å². The number of nitro groups is 2. The second-order valence-corrected chi connectivity index (χ2v) is 7.93. The predicted octanol–water partition coefficient (Wildman–Crippen LogP) is 5.09. The lowest BCUT2D eigenvalue weighted by Crippen LogP contribution is -2.30. The number of nitrogens with one attached hydrogen (secondary N) is 1. The van der Waals surface area contributed by atoms with Crippen molar-refractivity contribution in [3.05, 3.63) is 73.9 Å². The number of nitrogens with zero attached hydrogens (tertiary/aromatic N) is 3. The monoisotopic (exact) mass is 482 g/mol. The molecule has 2 rings (SSSR count). The number of nitro benzene ring substituents is 2. The Morgan fingerprint density at radius 3 is 2.50 bits per heavy atom. The third-order valence-electron chi connectivity index (χ3n) is 4.69. The Morgan fingerprint density at radius 2 is 1.94 bits per heavy atom. The Bertz CT molecular complexity index is 1060. The molecule has 0 fully saturated rings. The minimum absolute atomic E-state index is 0.0818. The molecule has 0 heterocycles. The minimum atomic E-state index is -0.934. The third-order valence-corrected chi connectivity index (χ3v) is 5.60. The molecule has 1 aromatic carbocycles. The fourth-order valence-corrected chi connectivity index (χ4v) is 3.34. The van der Waals surface area contributed by atoms with E-state index in [0.717, 1.165) is 18.2 Å². The Hall–Kier alpha value is -3.24. The average Bonchev–Trinajstić information content (AvgIpc) is 2.73. The first-order chi connectivity index (χ1) is 15.0. The molecule has 1 unspecified atom stereocenters. The van der Waals surface area contributed by atoms with Crippen molar-refractivity contribution in [2.75, 3.05) is 12.0 Å². The number of carbonyl (C=O) groups is 1. The second-order valence-electron chi connectivity index (χ2n) is 6.84. The van der Waals surface area contributed by atoms with E-state index in [4.69, 9.17) is 27.9 Å². The zero-order valence-electron chi connectivity index (χ0n) is 17.4. The number of carbonyl (C=O) groups excluding carboxylic acids is 1. The van der Waals surface area contributed by atoms with Gasteiger partial charge in [0.25, 0.3) is 5.69 Å². The predicted molar refractivity (Wildman–Crippen MR) is 122 cm³/mol. The fourth-order valence-electron chi connectivity index (χ4n) is 2.95. The van der Waals surface area contributed by atoms with Gasteiger partial charge in [0.05, 0.1) is 33.8 Å². The van der Waals surface area contributed by atoms with E-state index in [2.05, 4.69) is 10.5 Å². The van der Waals surface area contributed by atoms with Crippen molar-refractivity contribution in [2.24, 2.45) is 10.5 Å². The van der Waals surface area contributed by atoms with Crippen LogP contribution in [-0.4, -0.2) is 33.0 Å². The number of anilines is 1. The molecule has 1 atom stereocenters. The maximum Gasteiger partial charge on any atom is 0.340 e. The van der Waals surface area contributed by atoms with Gasteiger partial charge in [-0.2, -0.15) is 5.10 Å². The molecule has 0 radical (unpaired) electrons. The van der Waals surface area contributed by atoms with Crippen LogP contribution in [0.3, 0.4) is 0 Å². The van der Waals surface area contributed by atoms with Crippen molar-refractivity contribution in [2.45, 2.75) is 25.6 Å². The largest absolute Gasteiger partial charge is 0.462 e. The number of hydrogen-bond acceptors (Lipinski definition) is 8. The molecule has 0 amide bonds. The summed E-state index contributed by atoms with van der Waals surface area (Å²) in [5, 5.41) is 26.4. The summed E-state index contributed by atoms with van der Waals surface area (Å²) in [4.78, 5) is 32.6. The second kappa shape index (κ2) is 10.4. The number of benzene rings is 1. The maximum atomic E-state index is 12.8. The molecule has 0 aromatic heterocycles. The van der Waals surface area contributed by atoms with Crippen molar-refractivity contribution in [3.63, 3.8) is 0 Å². The SMILES string of the molecule is CCOC(=O)C(=C1/C=CC=CC1(C)C(Cl)Cl)/C(C)=N/Nc1ccc([N+](=O)[O-])cc1[N+](=O)[O-]. The molecular formula is C20H20Cl2N4O6. The molecule has 1 N–H and O–H groups in total. The van der Waals surface area contributed by atoms with Crippen LogP contribution in [0.4, 0.5) is 17.1 Å². The molecule has 1 aliphatic carbocycles. The maximum absolute atomic E-state index is 12.8. The van der Waals surface area contributed by atoms with E-state index in [-0.39, 0.29) is 23.6 Å². The summed E-state index contributed by atoms with van der Waals surface area (Å²) in [5.41, 5.74) is 1.17. The van der Waals surface area contributed by atoms with Gasteiger partial charge in [0, 0.05) is 11.5 Å². The van der Waals surface area contributed by atoms with Crippen LogP contribution in [0.5, 0.6) is 0 Å². The topological polar surface area (TPSA) is 137 Å². The molecule has 0 aliphatic heterocycles. The number of allylic oxidation sites excluding steroid dienone is 5. The number of hydrogen-bond donors (Lipinski definition) is 1. The van der Waals surface area contributed by atoms with Gasteiger partial charge in [-0.1, -0.05) is 24.3 Å². The highest BCUT2D eigenvalue weighted by molar-refractivity contribution is 6.45. The standard InChI is InChI=1S/C20H20Cl2N4O6/c1-4-32-18(27)17(14-7-5-6-10-20(14,3)19(21)22)12(2)23-24-15-9-8-13(25(28)29)11-16(15)26(30)31/h5-11,19,24H,4H2,1-3H3/b17-14-,23-12+. The van der Waals surface area contributed by atoms with Gasteiger partial charge in [-0.25, -0.2) is 4.79 Å². The van der Waals surface area contributed by atoms with Crippen LogP contribution in [0.2, 0.25) is 0 Å². The number of hydrazone groups is 1. The highest BCUT2D eigenvalue weighted by atomic mass is 35.5. The van der Waals surface area contributed by atoms with Crippen molar-refractivity contribution in [3.8, 4) is 0 Å². The van der Waals surface area contributed by atoms with Crippen molar-refractivity contribution >= 4 is 51.9 Å². The number of esters is 1. The number of halogens is 2. The summed E-state index contributed by atoms with van der Waals surface area (Å²) in [6.07, 6.45) is 6.86. The van der Waals surface area contributed by atoms with Crippen LogP contribution in [0.15, 0.2) is 58.8 Å². The first-order valence-electron chi connectivity index (χ1n) is 9.32. The molecule has 32 heavy (non-hydrogen) atoms. The van der Waals surface area contributed by atoms with Gasteiger partial charge >= 0.3 is 11.7 Å². The highest BCUT2D eigenvalue weighted by Gasteiger charge is 2.37. The average molecular weight is 483 g/mol. The lowest BCUT2D eigenvalue weighted by molar-refractivity contribution is -0.393. The van der Waals surface area contributed by atoms with Gasteiger partial charge in [0.1, 0.15) is 10.5 Å². The Balaban J connectivity index is 2.57. The molecule has 0 saturated heterocycles. The number of alkyl halides is 2. The summed E-state index contributed by atoms with van der Waals surface area (Å²) in [7, 11) is 0. The highest BCUT2D eigenvalue weighted by Crippen LogP contribution is 2.43. The lowest BCUT2D eigenvalue weighted by atomic mass is 9.77. The van der Waals surface area contributed by atoms with Crippen molar-refractivity contribution < 1.29 is 19.4 Å². The van der Waals surface area contributed by atoms with E-state index in [1.807, 2.05) is 0 Å². The molecule has 1 aliphatic rings. The molecule has 12 heteroatoms. The van der Waals surface area contributed by atoms with Crippen molar-refractivity contribution in [1.82, 2.24) is 0 Å². The molecule has 1 aromatic rings. The Kier molecular flexibility index (Phi) is 8.12. The fraction of sp³-hybridized carbons (Fsp3) is 0.300. The number of rotatable bonds is 8. The van der Waals surface area contributed by atoms with Crippen LogP contribution >= 0.6 is 23.2 Å². The normalized spacial score (nSPS) is 19.6. The lowest BCUT2D eigenvalue weighted by Gasteiger charge is -2.32. The molecule has 170 valence electrons. The van der Waals surface area contributed by atoms with Crippen LogP contribution in [-0.2, 0) is 9.53 Å². The number of non-ortho nitro benzene ring substituents is 1. The molecule has 0 bridgehead atoms. The van der Waals surface area contributed by atoms with Gasteiger partial charge in [-0.15, -0.1) is 23.2 Å². The molecule has 0 saturated carbocycles. The van der Waals surface area contributed by atoms with Crippen molar-refractivity contribution in [1.29, 1.82) is 0 Å². The van der Waals surface area contributed by atoms with Crippen LogP contribution in [0.1, 0.15) is 20.8 Å². The van der Waals surface area contributed by atoms with E-state index in [1.165, 1.54) is 6.92 Å². The van der Waals surface area contributed by atoms with Gasteiger partial charge in [0.15, 0.2) is 0 Å². The third kappa shape index (κ3) is 5.32. The summed E-state index contributed by atoms with van der Waals surface area (Å²) < 4.78 is 5.17. The summed E-state index contributed by atoms with van der Waals surface area (Å²) in [6.45, 7) is 5.00. The van der Waals surface area contributed by atoms with E-state index in [9.17, 15) is 25.0 Å². The summed E-state index contributed by atoms with van der Waals surface area (Å²) >= 11 is 12.4. The molecular weight excluding hydrogens is 463 g/mol. The summed E-state index contributed by atoms with van der Waals surface area (Å²) in [5.74, 6) is -0.677. The van der Waals surface area contributed by atoms with E-state index >= 15 is 0 Å². The Morgan fingerprint density at radius 1 is 1.25 bits per heavy atom. The van der Waals surface area contributed by atoms with Gasteiger partial charge in [-0.05, 0) is 32.4 Å². The van der Waals surface area contributed by atoms with E-state index in [1.54, 1.807) is 38.2 Å².